The van der Waals surface area contributed by atoms with Crippen LogP contribution in [0.3, 0.4) is 0 Å². The molecule has 1 N–H and O–H groups in total. The molecular weight excluding hydrogens is 328 g/mol. The third-order valence-corrected chi connectivity index (χ3v) is 4.35. The highest BCUT2D eigenvalue weighted by Crippen LogP contribution is 2.38. The summed E-state index contributed by atoms with van der Waals surface area (Å²) in [6, 6.07) is 0. The molecule has 0 unspecified atom stereocenters. The topological polar surface area (TPSA) is 38.7 Å². The van der Waals surface area contributed by atoms with E-state index in [0.717, 1.165) is 0 Å². The predicted molar refractivity (Wildman–Crippen MR) is 64.4 cm³/mol. The van der Waals surface area contributed by atoms with Gasteiger partial charge in [0.05, 0.1) is 29.0 Å². The van der Waals surface area contributed by atoms with E-state index in [1.807, 2.05) is 12.2 Å². The zero-order chi connectivity index (χ0) is 10.9. The predicted octanol–water partition coefficient (Wildman–Crippen LogP) is 1.74. The van der Waals surface area contributed by atoms with E-state index in [0.29, 0.717) is 13.2 Å². The second-order valence-electron chi connectivity index (χ2n) is 3.48. The highest BCUT2D eigenvalue weighted by molar-refractivity contribution is 9.10. The molecule has 1 aliphatic heterocycles. The van der Waals surface area contributed by atoms with E-state index < -0.39 is 11.9 Å². The molecule has 1 spiro atoms. The summed E-state index contributed by atoms with van der Waals surface area (Å²) in [7, 11) is 0. The number of aliphatic hydroxyl groups excluding tert-OH is 1. The molecule has 5 heteroatoms. The monoisotopic (exact) mass is 338 g/mol. The van der Waals surface area contributed by atoms with Crippen LogP contribution in [0.1, 0.15) is 0 Å². The van der Waals surface area contributed by atoms with Crippen LogP contribution in [0.25, 0.3) is 0 Å². The summed E-state index contributed by atoms with van der Waals surface area (Å²) in [4.78, 5) is -0.173. The first-order valence-electron chi connectivity index (χ1n) is 4.76. The maximum atomic E-state index is 9.48. The van der Waals surface area contributed by atoms with E-state index >= 15 is 0 Å². The number of rotatable bonds is 0. The molecule has 0 amide bonds. The Balaban J connectivity index is 2.28. The van der Waals surface area contributed by atoms with Crippen molar-refractivity contribution in [1.29, 1.82) is 0 Å². The van der Waals surface area contributed by atoms with Crippen LogP contribution in [0.5, 0.6) is 0 Å². The molecular formula is C10H12Br2O3. The van der Waals surface area contributed by atoms with Gasteiger partial charge in [0.25, 0.3) is 0 Å². The number of alkyl halides is 2. The van der Waals surface area contributed by atoms with E-state index in [1.54, 1.807) is 12.2 Å². The normalized spacial score (nSPS) is 39.3. The molecule has 2 aliphatic rings. The van der Waals surface area contributed by atoms with Gasteiger partial charge in [-0.1, -0.05) is 56.2 Å². The summed E-state index contributed by atoms with van der Waals surface area (Å²) in [5.41, 5.74) is 0. The van der Waals surface area contributed by atoms with Crippen LogP contribution in [0.4, 0.5) is 0 Å². The van der Waals surface area contributed by atoms with E-state index in [-0.39, 0.29) is 9.65 Å². The average molecular weight is 340 g/mol. The van der Waals surface area contributed by atoms with Crippen molar-refractivity contribution < 1.29 is 14.6 Å². The largest absolute Gasteiger partial charge is 0.385 e. The van der Waals surface area contributed by atoms with Crippen LogP contribution in [-0.2, 0) is 9.47 Å². The van der Waals surface area contributed by atoms with E-state index in [1.165, 1.54) is 0 Å². The van der Waals surface area contributed by atoms with Crippen LogP contribution < -0.4 is 0 Å². The highest BCUT2D eigenvalue weighted by Gasteiger charge is 2.47. The van der Waals surface area contributed by atoms with Crippen LogP contribution >= 0.6 is 31.9 Å². The standard InChI is InChI=1S/C10H12Br2O3/c11-8-3-1-7(13)2-4-9(12)10(8)14-5-6-15-10/h1-4,7-9,13H,5-6H2/t7?,8-,9-/m0/s1. The Labute approximate surface area is 105 Å². The van der Waals surface area contributed by atoms with Crippen LogP contribution in [0.15, 0.2) is 24.3 Å². The summed E-state index contributed by atoms with van der Waals surface area (Å²) >= 11 is 7.03. The van der Waals surface area contributed by atoms with Crippen molar-refractivity contribution in [2.24, 2.45) is 0 Å². The number of aliphatic hydroxyl groups is 1. The minimum atomic E-state index is -0.701. The third-order valence-electron chi connectivity index (χ3n) is 2.46. The van der Waals surface area contributed by atoms with Gasteiger partial charge in [-0.2, -0.15) is 0 Å². The maximum absolute atomic E-state index is 9.48. The molecule has 0 aromatic heterocycles. The second kappa shape index (κ2) is 4.67. The minimum Gasteiger partial charge on any atom is -0.385 e. The van der Waals surface area contributed by atoms with Crippen LogP contribution in [0, 0.1) is 0 Å². The van der Waals surface area contributed by atoms with Crippen LogP contribution in [0.2, 0.25) is 0 Å². The minimum absolute atomic E-state index is 0.0866. The molecule has 2 atom stereocenters. The zero-order valence-electron chi connectivity index (χ0n) is 7.98. The molecule has 1 fully saturated rings. The van der Waals surface area contributed by atoms with E-state index in [4.69, 9.17) is 9.47 Å². The molecule has 0 aromatic rings. The van der Waals surface area contributed by atoms with Crippen molar-refractivity contribution >= 4 is 31.9 Å². The average Bonchev–Trinajstić information content (AvgIpc) is 2.71. The Morgan fingerprint density at radius 3 is 1.93 bits per heavy atom. The smallest absolute Gasteiger partial charge is 0.200 e. The van der Waals surface area contributed by atoms with Gasteiger partial charge in [-0.3, -0.25) is 0 Å². The molecule has 2 rings (SSSR count). The van der Waals surface area contributed by atoms with Gasteiger partial charge in [0.1, 0.15) is 0 Å². The fourth-order valence-corrected chi connectivity index (χ4v) is 3.48. The lowest BCUT2D eigenvalue weighted by molar-refractivity contribution is -0.140. The highest BCUT2D eigenvalue weighted by atomic mass is 79.9. The molecule has 1 aliphatic carbocycles. The number of halogens is 2. The van der Waals surface area contributed by atoms with Gasteiger partial charge in [0, 0.05) is 0 Å². The number of ether oxygens (including phenoxy) is 2. The molecule has 84 valence electrons. The van der Waals surface area contributed by atoms with Gasteiger partial charge < -0.3 is 14.6 Å². The first-order valence-corrected chi connectivity index (χ1v) is 6.59. The molecule has 1 heterocycles. The Morgan fingerprint density at radius 2 is 1.47 bits per heavy atom. The van der Waals surface area contributed by atoms with Crippen molar-refractivity contribution in [1.82, 2.24) is 0 Å². The Morgan fingerprint density at radius 1 is 1.00 bits per heavy atom. The summed E-state index contributed by atoms with van der Waals surface area (Å²) in [6.07, 6.45) is 6.58. The molecule has 0 bridgehead atoms. The molecule has 15 heavy (non-hydrogen) atoms. The molecule has 0 radical (unpaired) electrons. The van der Waals surface area contributed by atoms with Crippen molar-refractivity contribution in [3.63, 3.8) is 0 Å². The van der Waals surface area contributed by atoms with Gasteiger partial charge in [-0.15, -0.1) is 0 Å². The number of hydrogen-bond acceptors (Lipinski definition) is 3. The Kier molecular flexibility index (Phi) is 3.67. The first kappa shape index (κ1) is 11.8. The Hall–Kier alpha value is 0.320. The summed E-state index contributed by atoms with van der Waals surface area (Å²) in [5, 5.41) is 9.48. The van der Waals surface area contributed by atoms with Crippen LogP contribution in [-0.4, -0.2) is 39.9 Å². The summed E-state index contributed by atoms with van der Waals surface area (Å²) in [5.74, 6) is -0.701. The quantitative estimate of drug-likeness (QED) is 0.539. The van der Waals surface area contributed by atoms with Crippen molar-refractivity contribution in [2.45, 2.75) is 21.5 Å². The molecule has 0 aromatic carbocycles. The summed E-state index contributed by atoms with van der Waals surface area (Å²) in [6.45, 7) is 1.18. The second-order valence-corrected chi connectivity index (χ2v) is 5.46. The van der Waals surface area contributed by atoms with E-state index in [2.05, 4.69) is 31.9 Å². The van der Waals surface area contributed by atoms with Gasteiger partial charge in [0.2, 0.25) is 5.79 Å². The lowest BCUT2D eigenvalue weighted by Crippen LogP contribution is -2.47. The first-order chi connectivity index (χ1) is 7.15. The summed E-state index contributed by atoms with van der Waals surface area (Å²) < 4.78 is 11.4. The van der Waals surface area contributed by atoms with Crippen molar-refractivity contribution in [3.8, 4) is 0 Å². The number of hydrogen-bond donors (Lipinski definition) is 1. The molecule has 3 nitrogen and oxygen atoms in total. The van der Waals surface area contributed by atoms with Gasteiger partial charge >= 0.3 is 0 Å². The maximum Gasteiger partial charge on any atom is 0.200 e. The van der Waals surface area contributed by atoms with Gasteiger partial charge in [-0.25, -0.2) is 0 Å². The van der Waals surface area contributed by atoms with E-state index in [9.17, 15) is 5.11 Å². The zero-order valence-corrected chi connectivity index (χ0v) is 11.1. The fourth-order valence-electron chi connectivity index (χ4n) is 1.67. The van der Waals surface area contributed by atoms with Crippen molar-refractivity contribution in [2.75, 3.05) is 13.2 Å². The molecule has 0 saturated carbocycles. The lowest BCUT2D eigenvalue weighted by Gasteiger charge is -2.34. The Bertz CT molecular complexity index is 262. The van der Waals surface area contributed by atoms with Gasteiger partial charge in [-0.05, 0) is 0 Å². The SMILES string of the molecule is OC1C=C[C@H](Br)C2(OCCO2)[C@@H](Br)C=C1. The third kappa shape index (κ3) is 2.22. The van der Waals surface area contributed by atoms with Crippen molar-refractivity contribution in [3.05, 3.63) is 24.3 Å². The fraction of sp³-hybridized carbons (Fsp3) is 0.600. The lowest BCUT2D eigenvalue weighted by atomic mass is 10.0. The van der Waals surface area contributed by atoms with Gasteiger partial charge in [0.15, 0.2) is 0 Å². The molecule has 1 saturated heterocycles.